The van der Waals surface area contributed by atoms with Gasteiger partial charge in [-0.05, 0) is 44.7 Å². The first-order valence-electron chi connectivity index (χ1n) is 14.3. The second-order valence-corrected chi connectivity index (χ2v) is 11.1. The van der Waals surface area contributed by atoms with Gasteiger partial charge in [0.2, 0.25) is 5.95 Å². The number of aromatic nitrogens is 6. The lowest BCUT2D eigenvalue weighted by Gasteiger charge is -2.28. The van der Waals surface area contributed by atoms with Crippen LogP contribution in [0.3, 0.4) is 0 Å². The van der Waals surface area contributed by atoms with Crippen LogP contribution in [0, 0.1) is 11.8 Å². The van der Waals surface area contributed by atoms with Gasteiger partial charge in [-0.2, -0.15) is 14.6 Å². The predicted molar refractivity (Wildman–Crippen MR) is 157 cm³/mol. The summed E-state index contributed by atoms with van der Waals surface area (Å²) < 4.78 is 47.2. The molecule has 1 aliphatic carbocycles. The fourth-order valence-corrected chi connectivity index (χ4v) is 5.68. The summed E-state index contributed by atoms with van der Waals surface area (Å²) in [5.41, 5.74) is 0.516. The van der Waals surface area contributed by atoms with Crippen LogP contribution in [0.4, 0.5) is 14.5 Å². The highest BCUT2D eigenvalue weighted by atomic mass is 32.1. The lowest BCUT2D eigenvalue weighted by atomic mass is 9.93. The van der Waals surface area contributed by atoms with Crippen LogP contribution in [0.15, 0.2) is 36.1 Å². The molecule has 238 valence electrons. The maximum absolute atomic E-state index is 14.8. The molecular formula is C29H31F2N7O6S. The number of carbonyl (C=O) groups excluding carboxylic acids is 3. The molecule has 4 aromatic heterocycles. The first kappa shape index (κ1) is 31.8. The van der Waals surface area contributed by atoms with Crippen LogP contribution in [-0.4, -0.2) is 67.2 Å². The molecule has 0 atom stereocenters. The Labute approximate surface area is 260 Å². The molecule has 0 aromatic carbocycles. The largest absolute Gasteiger partial charge is 0.469 e. The number of nitrogens with one attached hydrogen (secondary N) is 1. The van der Waals surface area contributed by atoms with E-state index in [-0.39, 0.29) is 54.5 Å². The molecule has 1 amide bonds. The Morgan fingerprint density at radius 2 is 1.82 bits per heavy atom. The molecule has 1 saturated carbocycles. The van der Waals surface area contributed by atoms with Crippen molar-refractivity contribution in [3.63, 3.8) is 0 Å². The topological polar surface area (TPSA) is 152 Å². The van der Waals surface area contributed by atoms with Crippen LogP contribution >= 0.6 is 11.3 Å². The van der Waals surface area contributed by atoms with E-state index in [9.17, 15) is 23.2 Å². The summed E-state index contributed by atoms with van der Waals surface area (Å²) in [6.07, 6.45) is 7.87. The molecule has 0 bridgehead atoms. The van der Waals surface area contributed by atoms with E-state index in [4.69, 9.17) is 9.47 Å². The second-order valence-electron chi connectivity index (χ2n) is 10.2. The molecule has 45 heavy (non-hydrogen) atoms. The minimum atomic E-state index is -0.879. The summed E-state index contributed by atoms with van der Waals surface area (Å²) in [5.74, 6) is -3.34. The third-order valence-electron chi connectivity index (χ3n) is 7.17. The number of nitrogens with zero attached hydrogens (tertiary/aromatic N) is 6. The molecule has 0 saturated heterocycles. The van der Waals surface area contributed by atoms with Crippen LogP contribution in [0.2, 0.25) is 0 Å². The molecule has 16 heteroatoms. The Morgan fingerprint density at radius 3 is 2.58 bits per heavy atom. The molecule has 0 radical (unpaired) electrons. The average Bonchev–Trinajstić information content (AvgIpc) is 3.81. The Bertz CT molecular complexity index is 1660. The summed E-state index contributed by atoms with van der Waals surface area (Å²) in [6.45, 7) is 2.42. The molecule has 13 nitrogen and oxygen atoms in total. The van der Waals surface area contributed by atoms with Gasteiger partial charge in [-0.25, -0.2) is 19.0 Å². The fraction of sp³-hybridized carbons (Fsp3) is 0.414. The van der Waals surface area contributed by atoms with E-state index >= 15 is 0 Å². The van der Waals surface area contributed by atoms with Gasteiger partial charge in [0, 0.05) is 29.9 Å². The Kier molecular flexibility index (Phi) is 10.2. The number of methoxy groups -OCH3 is 1. The van der Waals surface area contributed by atoms with Crippen molar-refractivity contribution in [2.45, 2.75) is 64.3 Å². The SMILES string of the molecule is CCOC1CCC(n2cc(NC(=O)c3csc(-c4cnn(COC(=O)CCC(=O)OC)c4)n3)c(-c3nc(F)ccc3F)n2)CC1. The van der Waals surface area contributed by atoms with Crippen molar-refractivity contribution in [1.29, 1.82) is 0 Å². The van der Waals surface area contributed by atoms with Crippen molar-refractivity contribution in [3.8, 4) is 22.0 Å². The average molecular weight is 644 g/mol. The Balaban J connectivity index is 1.29. The van der Waals surface area contributed by atoms with Gasteiger partial charge in [-0.3, -0.25) is 19.1 Å². The van der Waals surface area contributed by atoms with E-state index in [1.807, 2.05) is 6.92 Å². The molecule has 1 fully saturated rings. The van der Waals surface area contributed by atoms with Crippen molar-refractivity contribution in [1.82, 2.24) is 29.5 Å². The number of thiazole rings is 1. The molecular weight excluding hydrogens is 612 g/mol. The number of halogens is 2. The van der Waals surface area contributed by atoms with Crippen LogP contribution in [-0.2, 0) is 30.5 Å². The standard InChI is InChI=1S/C29H31F2N7O6S/c1-3-43-19-6-4-18(5-7-19)38-14-21(27(36-38)26-20(30)8-9-23(31)35-26)33-28(41)22-15-45-29(34-22)17-12-32-37(13-17)16-44-25(40)11-10-24(39)42-2/h8-9,12-15,18-19H,3-7,10-11,16H2,1-2H3,(H,33,41). The molecule has 4 aromatic rings. The van der Waals surface area contributed by atoms with Crippen LogP contribution in [0.5, 0.6) is 0 Å². The lowest BCUT2D eigenvalue weighted by Crippen LogP contribution is -2.24. The highest BCUT2D eigenvalue weighted by Gasteiger charge is 2.27. The number of rotatable bonds is 12. The highest BCUT2D eigenvalue weighted by Crippen LogP contribution is 2.34. The zero-order valence-electron chi connectivity index (χ0n) is 24.6. The van der Waals surface area contributed by atoms with Gasteiger partial charge in [-0.1, -0.05) is 0 Å². The first-order valence-corrected chi connectivity index (χ1v) is 15.2. The third-order valence-corrected chi connectivity index (χ3v) is 8.06. The summed E-state index contributed by atoms with van der Waals surface area (Å²) in [5, 5.41) is 13.5. The fourth-order valence-electron chi connectivity index (χ4n) is 4.90. The van der Waals surface area contributed by atoms with Crippen LogP contribution < -0.4 is 5.32 Å². The molecule has 1 aliphatic rings. The first-order chi connectivity index (χ1) is 21.7. The van der Waals surface area contributed by atoms with Gasteiger partial charge in [0.25, 0.3) is 5.91 Å². The number of hydrogen-bond acceptors (Lipinski definition) is 11. The van der Waals surface area contributed by atoms with E-state index in [0.29, 0.717) is 17.2 Å². The summed E-state index contributed by atoms with van der Waals surface area (Å²) >= 11 is 1.19. The summed E-state index contributed by atoms with van der Waals surface area (Å²) in [4.78, 5) is 44.4. The normalized spacial score (nSPS) is 16.4. The van der Waals surface area contributed by atoms with Crippen molar-refractivity contribution < 1.29 is 37.4 Å². The monoisotopic (exact) mass is 643 g/mol. The quantitative estimate of drug-likeness (QED) is 0.169. The van der Waals surface area contributed by atoms with E-state index in [2.05, 4.69) is 30.2 Å². The molecule has 0 spiro atoms. The Morgan fingerprint density at radius 1 is 1.04 bits per heavy atom. The van der Waals surface area contributed by atoms with Gasteiger partial charge in [0.1, 0.15) is 22.1 Å². The van der Waals surface area contributed by atoms with Gasteiger partial charge in [-0.15, -0.1) is 11.3 Å². The zero-order valence-corrected chi connectivity index (χ0v) is 25.4. The number of hydrogen-bond donors (Lipinski definition) is 1. The maximum Gasteiger partial charge on any atom is 0.308 e. The van der Waals surface area contributed by atoms with Gasteiger partial charge in [0.05, 0.1) is 44.0 Å². The number of pyridine rings is 1. The number of carbonyl (C=O) groups is 3. The predicted octanol–water partition coefficient (Wildman–Crippen LogP) is 4.77. The van der Waals surface area contributed by atoms with Crippen LogP contribution in [0.1, 0.15) is 62.0 Å². The van der Waals surface area contributed by atoms with Crippen molar-refractivity contribution >= 4 is 34.9 Å². The molecule has 5 rings (SSSR count). The second kappa shape index (κ2) is 14.5. The van der Waals surface area contributed by atoms with Gasteiger partial charge in [0.15, 0.2) is 12.5 Å². The number of ether oxygens (including phenoxy) is 3. The van der Waals surface area contributed by atoms with Crippen molar-refractivity contribution in [3.05, 3.63) is 53.6 Å². The van der Waals surface area contributed by atoms with Crippen molar-refractivity contribution in [2.75, 3.05) is 19.0 Å². The number of amides is 1. The van der Waals surface area contributed by atoms with Crippen molar-refractivity contribution in [2.24, 2.45) is 0 Å². The van der Waals surface area contributed by atoms with E-state index in [1.54, 1.807) is 22.5 Å². The van der Waals surface area contributed by atoms with Gasteiger partial charge < -0.3 is 19.5 Å². The minimum absolute atomic E-state index is 0.00476. The highest BCUT2D eigenvalue weighted by molar-refractivity contribution is 7.13. The van der Waals surface area contributed by atoms with E-state index < -0.39 is 29.6 Å². The zero-order chi connectivity index (χ0) is 31.9. The molecule has 0 aliphatic heterocycles. The smallest absolute Gasteiger partial charge is 0.308 e. The third kappa shape index (κ3) is 7.94. The summed E-state index contributed by atoms with van der Waals surface area (Å²) in [6, 6.07) is 1.86. The van der Waals surface area contributed by atoms with Crippen LogP contribution in [0.25, 0.3) is 22.0 Å². The lowest BCUT2D eigenvalue weighted by molar-refractivity contribution is -0.151. The number of esters is 2. The molecule has 1 N–H and O–H groups in total. The van der Waals surface area contributed by atoms with Gasteiger partial charge >= 0.3 is 11.9 Å². The summed E-state index contributed by atoms with van der Waals surface area (Å²) in [7, 11) is 1.24. The minimum Gasteiger partial charge on any atom is -0.469 e. The maximum atomic E-state index is 14.8. The molecule has 4 heterocycles. The molecule has 0 unspecified atom stereocenters. The number of anilines is 1. The Hall–Kier alpha value is -4.57. The van der Waals surface area contributed by atoms with E-state index in [1.165, 1.54) is 29.3 Å². The van der Waals surface area contributed by atoms with E-state index in [0.717, 1.165) is 37.8 Å².